The Bertz CT molecular complexity index is 1250. The topological polar surface area (TPSA) is 60.9 Å². The maximum absolute atomic E-state index is 15.0. The molecule has 1 aliphatic rings. The number of carboxylic acids is 1. The van der Waals surface area contributed by atoms with Gasteiger partial charge in [-0.1, -0.05) is 60.7 Å². The van der Waals surface area contributed by atoms with Crippen molar-refractivity contribution >= 4 is 17.4 Å². The Hall–Kier alpha value is -3.72. The molecule has 5 nitrogen and oxygen atoms in total. The smallest absolute Gasteiger partial charge is 0.311 e. The monoisotopic (exact) mass is 528 g/mol. The van der Waals surface area contributed by atoms with Gasteiger partial charge in [0.2, 0.25) is 0 Å². The van der Waals surface area contributed by atoms with Gasteiger partial charge in [-0.15, -0.1) is 0 Å². The van der Waals surface area contributed by atoms with E-state index < -0.39 is 59.0 Å². The number of carbonyl (C=O) groups is 2. The van der Waals surface area contributed by atoms with Gasteiger partial charge in [0.1, 0.15) is 17.9 Å². The normalized spacial score (nSPS) is 17.2. The van der Waals surface area contributed by atoms with Gasteiger partial charge in [-0.2, -0.15) is 0 Å². The highest BCUT2D eigenvalue weighted by molar-refractivity contribution is 6.05. The van der Waals surface area contributed by atoms with E-state index in [1.807, 2.05) is 60.7 Å². The summed E-state index contributed by atoms with van der Waals surface area (Å²) in [5.41, 5.74) is -0.529. The second-order valence-electron chi connectivity index (χ2n) is 9.80. The molecule has 0 amide bonds. The quantitative estimate of drug-likeness (QED) is 0.151. The molecule has 1 fully saturated rings. The van der Waals surface area contributed by atoms with Crippen LogP contribution in [0.15, 0.2) is 66.7 Å². The minimum absolute atomic E-state index is 0.0563. The van der Waals surface area contributed by atoms with Crippen molar-refractivity contribution in [2.45, 2.75) is 25.9 Å². The fourth-order valence-electron chi connectivity index (χ4n) is 5.04. The highest BCUT2D eigenvalue weighted by Crippen LogP contribution is 2.39. The Morgan fingerprint density at radius 1 is 0.921 bits per heavy atom. The third kappa shape index (κ3) is 6.22. The molecule has 3 aromatic carbocycles. The fraction of sp³-hybridized carbons (Fsp3) is 0.310. The lowest BCUT2D eigenvalue weighted by atomic mass is 9.87. The van der Waals surface area contributed by atoms with Crippen LogP contribution in [0.2, 0.25) is 0 Å². The van der Waals surface area contributed by atoms with Gasteiger partial charge in [0.05, 0.1) is 12.2 Å². The van der Waals surface area contributed by atoms with Gasteiger partial charge in [-0.3, -0.25) is 18.9 Å². The number of aliphatic carboxylic acids is 1. The summed E-state index contributed by atoms with van der Waals surface area (Å²) in [6.45, 7) is 0.656. The first-order chi connectivity index (χ1) is 18.2. The first kappa shape index (κ1) is 27.3. The molecule has 1 heterocycles. The zero-order valence-electron chi connectivity index (χ0n) is 20.7. The summed E-state index contributed by atoms with van der Waals surface area (Å²) >= 11 is 0. The number of halogens is 4. The molecule has 1 saturated heterocycles. The van der Waals surface area contributed by atoms with Gasteiger partial charge in [0, 0.05) is 38.1 Å². The van der Waals surface area contributed by atoms with Gasteiger partial charge in [-0.25, -0.2) is 13.2 Å². The highest BCUT2D eigenvalue weighted by atomic mass is 19.2. The van der Waals surface area contributed by atoms with Crippen molar-refractivity contribution in [3.8, 4) is 0 Å². The molecular formula is C29H28F4N2O3. The zero-order chi connectivity index (χ0) is 27.3. The van der Waals surface area contributed by atoms with Gasteiger partial charge >= 0.3 is 5.97 Å². The summed E-state index contributed by atoms with van der Waals surface area (Å²) in [6, 6.07) is 19.9. The molecule has 9 heteroatoms. The van der Waals surface area contributed by atoms with Gasteiger partial charge in [0.15, 0.2) is 17.4 Å². The molecule has 3 aromatic rings. The number of benzene rings is 3. The van der Waals surface area contributed by atoms with Crippen LogP contribution in [0.25, 0.3) is 0 Å². The van der Waals surface area contributed by atoms with Crippen molar-refractivity contribution in [2.24, 2.45) is 5.41 Å². The van der Waals surface area contributed by atoms with Gasteiger partial charge in [0.25, 0.3) is 0 Å². The van der Waals surface area contributed by atoms with E-state index >= 15 is 4.39 Å². The summed E-state index contributed by atoms with van der Waals surface area (Å²) in [4.78, 5) is 26.1. The molecule has 0 spiro atoms. The van der Waals surface area contributed by atoms with Crippen molar-refractivity contribution in [2.75, 3.05) is 31.2 Å². The van der Waals surface area contributed by atoms with Crippen LogP contribution in [0.5, 0.6) is 0 Å². The number of hydrogen-bond acceptors (Lipinski definition) is 4. The number of carbonyl (C=O) groups excluding carboxylic acids is 1. The minimum atomic E-state index is -1.61. The number of ketones is 1. The van der Waals surface area contributed by atoms with Crippen molar-refractivity contribution in [3.05, 3.63) is 101 Å². The molecule has 38 heavy (non-hydrogen) atoms. The van der Waals surface area contributed by atoms with E-state index in [1.165, 1.54) is 4.90 Å². The van der Waals surface area contributed by atoms with Crippen LogP contribution >= 0.6 is 0 Å². The fourth-order valence-corrected chi connectivity index (χ4v) is 5.04. The number of hydrogen-bond donors (Lipinski definition) is 1. The molecule has 1 aliphatic heterocycles. The van der Waals surface area contributed by atoms with Crippen LogP contribution in [0.1, 0.15) is 34.3 Å². The first-order valence-electron chi connectivity index (χ1n) is 12.2. The maximum Gasteiger partial charge on any atom is 0.311 e. The van der Waals surface area contributed by atoms with Gasteiger partial charge in [-0.05, 0) is 23.6 Å². The Morgan fingerprint density at radius 2 is 1.50 bits per heavy atom. The van der Waals surface area contributed by atoms with E-state index in [2.05, 4.69) is 4.90 Å². The van der Waals surface area contributed by atoms with Crippen LogP contribution < -0.4 is 4.90 Å². The number of carboxylic acid groups (broad SMARTS) is 1. The summed E-state index contributed by atoms with van der Waals surface area (Å²) in [5, 5.41) is 8.77. The third-order valence-corrected chi connectivity index (χ3v) is 6.84. The minimum Gasteiger partial charge on any atom is -0.481 e. The van der Waals surface area contributed by atoms with Gasteiger partial charge < -0.3 is 10.0 Å². The Morgan fingerprint density at radius 3 is 2.03 bits per heavy atom. The van der Waals surface area contributed by atoms with Crippen LogP contribution in [-0.4, -0.2) is 48.1 Å². The molecule has 0 aromatic heterocycles. The van der Waals surface area contributed by atoms with Crippen molar-refractivity contribution < 1.29 is 32.3 Å². The molecule has 0 unspecified atom stereocenters. The SMILES string of the molecule is O=C(O)CC(=O)c1cc(F)c(N2CC[C@](CF)(CN(Cc3ccccc3)Cc3ccccc3)C2)c(F)c1F. The van der Waals surface area contributed by atoms with Crippen LogP contribution in [0.3, 0.4) is 0 Å². The van der Waals surface area contributed by atoms with E-state index in [4.69, 9.17) is 5.11 Å². The van der Waals surface area contributed by atoms with Crippen molar-refractivity contribution in [1.82, 2.24) is 4.90 Å². The Kier molecular flexibility index (Phi) is 8.46. The molecule has 0 bridgehead atoms. The summed E-state index contributed by atoms with van der Waals surface area (Å²) in [5.74, 6) is -7.17. The molecule has 1 N–H and O–H groups in total. The zero-order valence-corrected chi connectivity index (χ0v) is 20.7. The predicted octanol–water partition coefficient (Wildman–Crippen LogP) is 5.63. The van der Waals surface area contributed by atoms with E-state index in [-0.39, 0.29) is 19.5 Å². The second kappa shape index (κ2) is 11.8. The third-order valence-electron chi connectivity index (χ3n) is 6.84. The van der Waals surface area contributed by atoms with E-state index in [9.17, 15) is 22.8 Å². The van der Waals surface area contributed by atoms with Crippen LogP contribution in [-0.2, 0) is 17.9 Å². The summed E-state index contributed by atoms with van der Waals surface area (Å²) < 4.78 is 59.3. The lowest BCUT2D eigenvalue weighted by Crippen LogP contribution is -2.41. The largest absolute Gasteiger partial charge is 0.481 e. The maximum atomic E-state index is 15.0. The van der Waals surface area contributed by atoms with E-state index in [1.54, 1.807) is 0 Å². The average Bonchev–Trinajstić information content (AvgIpc) is 3.30. The summed E-state index contributed by atoms with van der Waals surface area (Å²) in [6.07, 6.45) is -0.813. The molecule has 0 saturated carbocycles. The number of anilines is 1. The van der Waals surface area contributed by atoms with E-state index in [0.29, 0.717) is 25.7 Å². The number of rotatable bonds is 11. The first-order valence-corrected chi connectivity index (χ1v) is 12.2. The van der Waals surface area contributed by atoms with Crippen LogP contribution in [0, 0.1) is 22.9 Å². The number of Topliss-reactive ketones (excluding diaryl/α,β-unsaturated/α-hetero) is 1. The standard InChI is InChI=1S/C29H28F4N2O3/c30-17-29(18-34(15-20-7-3-1-4-8-20)16-21-9-5-2-6-10-21)11-12-35(19-29)28-23(31)13-22(26(32)27(28)33)24(36)14-25(37)38/h1-10,13H,11-12,14-19H2,(H,37,38)/t29-/m0/s1. The highest BCUT2D eigenvalue weighted by Gasteiger charge is 2.42. The molecule has 4 rings (SSSR count). The average molecular weight is 529 g/mol. The molecule has 200 valence electrons. The van der Waals surface area contributed by atoms with Crippen molar-refractivity contribution in [3.63, 3.8) is 0 Å². The van der Waals surface area contributed by atoms with Crippen LogP contribution in [0.4, 0.5) is 23.2 Å². The molecule has 0 aliphatic carbocycles. The Labute approximate surface area is 218 Å². The van der Waals surface area contributed by atoms with Crippen molar-refractivity contribution in [1.29, 1.82) is 0 Å². The number of alkyl halides is 1. The second-order valence-corrected chi connectivity index (χ2v) is 9.80. The molecule has 1 atom stereocenters. The molecule has 0 radical (unpaired) electrons. The Balaban J connectivity index is 1.58. The predicted molar refractivity (Wildman–Crippen MR) is 135 cm³/mol. The molecular weight excluding hydrogens is 500 g/mol. The number of nitrogens with zero attached hydrogens (tertiary/aromatic N) is 2. The lowest BCUT2D eigenvalue weighted by Gasteiger charge is -2.34. The summed E-state index contributed by atoms with van der Waals surface area (Å²) in [7, 11) is 0. The lowest BCUT2D eigenvalue weighted by molar-refractivity contribution is -0.135. The van der Waals surface area contributed by atoms with E-state index in [0.717, 1.165) is 11.1 Å².